The molecule has 1 saturated carbocycles. The zero-order valence-corrected chi connectivity index (χ0v) is 31.6. The van der Waals surface area contributed by atoms with E-state index in [1.807, 2.05) is 13.8 Å². The molecule has 0 bridgehead atoms. The van der Waals surface area contributed by atoms with Crippen LogP contribution in [0.2, 0.25) is 0 Å². The van der Waals surface area contributed by atoms with Crippen LogP contribution in [0.1, 0.15) is 79.8 Å². The summed E-state index contributed by atoms with van der Waals surface area (Å²) in [6.07, 6.45) is 0.554. The molecule has 1 aromatic rings. The third-order valence-corrected chi connectivity index (χ3v) is 11.6. The fourth-order valence-electron chi connectivity index (χ4n) is 6.50. The summed E-state index contributed by atoms with van der Waals surface area (Å²) in [5.74, 6) is -4.52. The molecule has 3 rings (SSSR count). The van der Waals surface area contributed by atoms with Crippen molar-refractivity contribution in [1.82, 2.24) is 30.5 Å². The van der Waals surface area contributed by atoms with Crippen LogP contribution in [-0.2, 0) is 38.8 Å². The molecular formula is C35H54N6O8S. The fourth-order valence-corrected chi connectivity index (χ4v) is 7.56. The molecule has 2 fully saturated rings. The van der Waals surface area contributed by atoms with Gasteiger partial charge in [-0.1, -0.05) is 78.3 Å². The molecule has 1 aromatic carbocycles. The van der Waals surface area contributed by atoms with Gasteiger partial charge in [-0.05, 0) is 48.5 Å². The van der Waals surface area contributed by atoms with E-state index in [4.69, 9.17) is 0 Å². The number of piperidine rings is 1. The standard InChI is InChI=1S/C35H54N6O8S/c1-11-15-23(28(43)31(45)36-18-24(42)38-26(32(46)40(9)10)21-16-13-12-14-17-21)37-30(44)27-25-22(35(25,7)8)19-41(27)33(47)29(34(4,5)6)39-50(48,49)20(2)3/h12-14,16-17,20,22-23,25-27,29,39H,11,15,18-19H2,1-10H3,(H,36,45)(H,37,44)(H,38,42)/t22?,23?,25-,26-,27-,29+/m0/s1. The van der Waals surface area contributed by atoms with Crippen molar-refractivity contribution in [2.45, 2.75) is 97.6 Å². The van der Waals surface area contributed by atoms with E-state index in [0.717, 1.165) is 0 Å². The van der Waals surface area contributed by atoms with Gasteiger partial charge in [0.15, 0.2) is 0 Å². The number of ketones is 1. The van der Waals surface area contributed by atoms with Gasteiger partial charge in [0.2, 0.25) is 39.4 Å². The third kappa shape index (κ3) is 9.08. The van der Waals surface area contributed by atoms with Crippen molar-refractivity contribution in [2.24, 2.45) is 22.7 Å². The molecule has 15 heteroatoms. The number of Topliss-reactive ketones (excluding diaryl/α,β-unsaturated/α-hetero) is 1. The monoisotopic (exact) mass is 718 g/mol. The first-order valence-corrected chi connectivity index (χ1v) is 18.6. The van der Waals surface area contributed by atoms with E-state index in [1.54, 1.807) is 72.1 Å². The van der Waals surface area contributed by atoms with Gasteiger partial charge in [0.1, 0.15) is 18.1 Å². The van der Waals surface area contributed by atoms with E-state index in [9.17, 15) is 37.2 Å². The number of nitrogens with one attached hydrogen (secondary N) is 4. The summed E-state index contributed by atoms with van der Waals surface area (Å²) in [4.78, 5) is 82.7. The number of carbonyl (C=O) groups is 6. The van der Waals surface area contributed by atoms with Crippen LogP contribution >= 0.6 is 0 Å². The van der Waals surface area contributed by atoms with Crippen molar-refractivity contribution in [2.75, 3.05) is 27.2 Å². The molecule has 0 aromatic heterocycles. The molecule has 2 aliphatic rings. The summed E-state index contributed by atoms with van der Waals surface area (Å²) >= 11 is 0. The Morgan fingerprint density at radius 2 is 1.60 bits per heavy atom. The molecule has 50 heavy (non-hydrogen) atoms. The lowest BCUT2D eigenvalue weighted by molar-refractivity contribution is -0.145. The number of rotatable bonds is 15. The molecule has 4 N–H and O–H groups in total. The van der Waals surface area contributed by atoms with Crippen LogP contribution in [0, 0.1) is 22.7 Å². The highest BCUT2D eigenvalue weighted by atomic mass is 32.2. The van der Waals surface area contributed by atoms with Crippen molar-refractivity contribution in [3.8, 4) is 0 Å². The van der Waals surface area contributed by atoms with E-state index in [0.29, 0.717) is 12.0 Å². The second-order valence-electron chi connectivity index (χ2n) is 15.4. The van der Waals surface area contributed by atoms with Crippen LogP contribution in [0.5, 0.6) is 0 Å². The summed E-state index contributed by atoms with van der Waals surface area (Å²) in [5, 5.41) is 6.82. The highest BCUT2D eigenvalue weighted by Crippen LogP contribution is 2.65. The van der Waals surface area contributed by atoms with Gasteiger partial charge in [-0.15, -0.1) is 0 Å². The van der Waals surface area contributed by atoms with Gasteiger partial charge < -0.3 is 25.8 Å². The average Bonchev–Trinajstić information content (AvgIpc) is 3.33. The number of hydrogen-bond donors (Lipinski definition) is 4. The molecule has 1 aliphatic heterocycles. The van der Waals surface area contributed by atoms with Crippen molar-refractivity contribution in [3.05, 3.63) is 35.9 Å². The quantitative estimate of drug-likeness (QED) is 0.194. The molecular weight excluding hydrogens is 664 g/mol. The first-order valence-electron chi connectivity index (χ1n) is 17.1. The summed E-state index contributed by atoms with van der Waals surface area (Å²) in [5.41, 5.74) is -0.554. The van der Waals surface area contributed by atoms with Gasteiger partial charge >= 0.3 is 0 Å². The van der Waals surface area contributed by atoms with Crippen LogP contribution in [0.4, 0.5) is 0 Å². The highest BCUT2D eigenvalue weighted by molar-refractivity contribution is 7.90. The van der Waals surface area contributed by atoms with Gasteiger partial charge in [-0.2, -0.15) is 0 Å². The zero-order chi connectivity index (χ0) is 37.9. The van der Waals surface area contributed by atoms with E-state index in [1.165, 1.54) is 23.6 Å². The van der Waals surface area contributed by atoms with Crippen molar-refractivity contribution < 1.29 is 37.2 Å². The lowest BCUT2D eigenvalue weighted by Crippen LogP contribution is -2.61. The number of benzene rings is 1. The van der Waals surface area contributed by atoms with Crippen molar-refractivity contribution >= 4 is 45.3 Å². The molecule has 14 nitrogen and oxygen atoms in total. The maximum absolute atomic E-state index is 14.1. The van der Waals surface area contributed by atoms with Crippen molar-refractivity contribution in [1.29, 1.82) is 0 Å². The Morgan fingerprint density at radius 3 is 2.12 bits per heavy atom. The van der Waals surface area contributed by atoms with Gasteiger partial charge in [0.25, 0.3) is 5.91 Å². The zero-order valence-electron chi connectivity index (χ0n) is 30.8. The Hall–Kier alpha value is -3.85. The van der Waals surface area contributed by atoms with Gasteiger partial charge in [-0.25, -0.2) is 13.1 Å². The molecule has 0 radical (unpaired) electrons. The van der Waals surface area contributed by atoms with Crippen LogP contribution < -0.4 is 20.7 Å². The third-order valence-electron chi connectivity index (χ3n) is 9.75. The Morgan fingerprint density at radius 1 is 1.00 bits per heavy atom. The number of carbonyl (C=O) groups excluding carboxylic acids is 6. The molecule has 5 amide bonds. The smallest absolute Gasteiger partial charge is 0.290 e. The molecule has 0 spiro atoms. The first kappa shape index (κ1) is 40.6. The molecule has 6 atom stereocenters. The summed E-state index contributed by atoms with van der Waals surface area (Å²) in [7, 11) is -0.739. The lowest BCUT2D eigenvalue weighted by atomic mass is 9.86. The maximum atomic E-state index is 14.1. The number of likely N-dealkylation sites (N-methyl/N-ethyl adjacent to an activating group) is 1. The number of hydrogen-bond acceptors (Lipinski definition) is 8. The van der Waals surface area contributed by atoms with Crippen LogP contribution in [-0.4, -0.2) is 104 Å². The largest absolute Gasteiger partial charge is 0.347 e. The summed E-state index contributed by atoms with van der Waals surface area (Å²) in [6, 6.07) is 4.21. The van der Waals surface area contributed by atoms with E-state index >= 15 is 0 Å². The summed E-state index contributed by atoms with van der Waals surface area (Å²) < 4.78 is 28.2. The molecule has 2 unspecified atom stereocenters. The van der Waals surface area contributed by atoms with Crippen molar-refractivity contribution in [3.63, 3.8) is 0 Å². The minimum atomic E-state index is -3.84. The van der Waals surface area contributed by atoms with Crippen LogP contribution in [0.25, 0.3) is 0 Å². The van der Waals surface area contributed by atoms with E-state index in [-0.39, 0.29) is 36.1 Å². The van der Waals surface area contributed by atoms with Gasteiger partial charge in [0.05, 0.1) is 17.8 Å². The number of sulfonamides is 1. The Labute approximate surface area is 295 Å². The number of nitrogens with zero attached hydrogens (tertiary/aromatic N) is 2. The second-order valence-corrected chi connectivity index (χ2v) is 17.7. The average molecular weight is 719 g/mol. The van der Waals surface area contributed by atoms with E-state index < -0.39 is 80.8 Å². The number of fused-ring (bicyclic) bond motifs is 1. The van der Waals surface area contributed by atoms with Gasteiger partial charge in [-0.3, -0.25) is 28.8 Å². The molecule has 278 valence electrons. The molecule has 1 saturated heterocycles. The minimum absolute atomic E-state index is 0.00856. The van der Waals surface area contributed by atoms with E-state index in [2.05, 4.69) is 20.7 Å². The number of amides is 5. The predicted octanol–water partition coefficient (Wildman–Crippen LogP) is 1.13. The summed E-state index contributed by atoms with van der Waals surface area (Å²) in [6.45, 7) is 13.7. The normalized spacial score (nSPS) is 21.3. The Kier molecular flexibility index (Phi) is 12.6. The van der Waals surface area contributed by atoms with Crippen LogP contribution in [0.15, 0.2) is 30.3 Å². The second kappa shape index (κ2) is 15.6. The molecule has 1 heterocycles. The fraction of sp³-hybridized carbons (Fsp3) is 0.657. The topological polar surface area (TPSA) is 191 Å². The number of likely N-dealkylation sites (tertiary alicyclic amines) is 1. The first-order chi connectivity index (χ1) is 23.1. The Bertz CT molecular complexity index is 1570. The SMILES string of the molecule is CCCC(NC(=O)[C@@H]1[C@@H]2C(CN1C(=O)[C@@H](NS(=O)(=O)C(C)C)C(C)(C)C)C2(C)C)C(=O)C(=O)NCC(=O)N[C@H](C(=O)N(C)C)c1ccccc1. The predicted molar refractivity (Wildman–Crippen MR) is 188 cm³/mol. The Balaban J connectivity index is 1.75. The minimum Gasteiger partial charge on any atom is -0.347 e. The molecule has 1 aliphatic carbocycles. The highest BCUT2D eigenvalue weighted by Gasteiger charge is 2.70. The maximum Gasteiger partial charge on any atom is 0.290 e. The van der Waals surface area contributed by atoms with Crippen LogP contribution in [0.3, 0.4) is 0 Å². The lowest BCUT2D eigenvalue weighted by Gasteiger charge is -2.38. The van der Waals surface area contributed by atoms with Gasteiger partial charge in [0, 0.05) is 20.6 Å².